The first kappa shape index (κ1) is 95.3. The Kier molecular flexibility index (Phi) is 33.3. The third-order valence-electron chi connectivity index (χ3n) is 16.7. The molecule has 14 atom stereocenters. The summed E-state index contributed by atoms with van der Waals surface area (Å²) in [5.41, 5.74) is 4.18. The van der Waals surface area contributed by atoms with Crippen molar-refractivity contribution in [2.75, 3.05) is 67.9 Å². The maximum absolute atomic E-state index is 16.0. The molecular formula is C67H86BrCl3F3N15O27. The van der Waals surface area contributed by atoms with E-state index in [2.05, 4.69) is 65.5 Å². The van der Waals surface area contributed by atoms with Crippen LogP contribution in [-0.2, 0) is 100.0 Å². The van der Waals surface area contributed by atoms with Crippen LogP contribution in [0.1, 0.15) is 128 Å². The molecule has 0 aliphatic carbocycles. The van der Waals surface area contributed by atoms with Gasteiger partial charge in [-0.05, 0) is 118 Å². The Hall–Kier alpha value is -9.52. The lowest BCUT2D eigenvalue weighted by Gasteiger charge is -2.30. The number of ether oxygens (including phenoxy) is 12. The average Bonchev–Trinajstić information content (AvgIpc) is 1.55. The number of amides is 2. The SMILES string of the molecule is CCOC(=O)C(OC[C@H]1O[C@@H](n2cnc3c(N)nc(Cl)nc32)[C@@H](F)[C@@H]1C)C(C)=O.CCOC(=O)CBr.CCOC(=O)CC(OC[C@H]1O[C@@H](n2cnc3c(N(C(=O)OC(C)(C)C)C(=O)OC(C)(C)C)nc(Cl)nc32)[C@@H](F)[C@@H]1C)(C(C)=O)C(=O)OCC.Nc1nc(Cl)nc2c1ncn2[C@@H]1O[C@H](COC(CC(=O)O)(C(=O)O)C(=O)O)[C@@H](O)[C@@H]1F. The van der Waals surface area contributed by atoms with Gasteiger partial charge in [0.05, 0.1) is 90.3 Å². The van der Waals surface area contributed by atoms with Crippen LogP contribution in [0.3, 0.4) is 0 Å². The lowest BCUT2D eigenvalue weighted by Crippen LogP contribution is -2.52. The number of ketones is 2. The molecular weight excluding hydrogens is 1690 g/mol. The quantitative estimate of drug-likeness (QED) is 0.0102. The number of aliphatic hydroxyl groups excluding tert-OH is 1. The van der Waals surface area contributed by atoms with Crippen LogP contribution in [0.15, 0.2) is 19.0 Å². The molecule has 0 radical (unpaired) electrons. The number of nitrogens with zero attached hydrogens (tertiary/aromatic N) is 13. The monoisotopic (exact) mass is 1770 g/mol. The molecule has 6 aromatic rings. The number of hydrogen-bond acceptors (Lipinski definition) is 35. The highest BCUT2D eigenvalue weighted by Crippen LogP contribution is 2.42. The number of rotatable bonds is 28. The van der Waals surface area contributed by atoms with Crippen molar-refractivity contribution < 1.29 is 143 Å². The van der Waals surface area contributed by atoms with Gasteiger partial charge in [-0.1, -0.05) is 29.8 Å². The van der Waals surface area contributed by atoms with E-state index in [0.29, 0.717) is 16.8 Å². The predicted molar refractivity (Wildman–Crippen MR) is 396 cm³/mol. The fourth-order valence-electron chi connectivity index (χ4n) is 11.1. The van der Waals surface area contributed by atoms with E-state index in [1.165, 1.54) is 36.2 Å². The van der Waals surface area contributed by atoms with E-state index >= 15 is 4.39 Å². The van der Waals surface area contributed by atoms with Crippen molar-refractivity contribution in [2.45, 2.75) is 200 Å². The topological polar surface area (TPSA) is 566 Å². The molecule has 9 rings (SSSR count). The van der Waals surface area contributed by atoms with Gasteiger partial charge in [0.2, 0.25) is 27.6 Å². The van der Waals surface area contributed by atoms with Gasteiger partial charge in [-0.2, -0.15) is 34.8 Å². The van der Waals surface area contributed by atoms with E-state index < -0.39 is 199 Å². The van der Waals surface area contributed by atoms with E-state index in [4.69, 9.17) is 103 Å². The minimum atomic E-state index is -3.17. The molecule has 49 heteroatoms. The van der Waals surface area contributed by atoms with E-state index in [1.54, 1.807) is 69.2 Å². The number of Topliss-reactive ketones (excluding diaryl/α,β-unsaturated/α-hetero) is 2. The fourth-order valence-corrected chi connectivity index (χ4v) is 11.8. The number of esters is 4. The second-order valence-corrected chi connectivity index (χ2v) is 28.9. The van der Waals surface area contributed by atoms with E-state index in [-0.39, 0.29) is 88.1 Å². The maximum Gasteiger partial charge on any atom is 0.425 e. The highest BCUT2D eigenvalue weighted by molar-refractivity contribution is 9.09. The summed E-state index contributed by atoms with van der Waals surface area (Å²) in [4.78, 5) is 169. The number of aromatic nitrogens is 12. The number of carboxylic acids is 3. The first-order chi connectivity index (χ1) is 54.2. The molecule has 9 heterocycles. The summed E-state index contributed by atoms with van der Waals surface area (Å²) in [5, 5.41) is 36.9. The van der Waals surface area contributed by atoms with Crippen molar-refractivity contribution in [1.29, 1.82) is 0 Å². The van der Waals surface area contributed by atoms with Crippen molar-refractivity contribution in [1.82, 2.24) is 58.6 Å². The van der Waals surface area contributed by atoms with E-state index in [1.807, 2.05) is 0 Å². The van der Waals surface area contributed by atoms with E-state index in [9.17, 15) is 76.8 Å². The number of aliphatic hydroxyl groups is 1. The molecule has 3 aliphatic heterocycles. The minimum absolute atomic E-state index is 0.00885. The zero-order valence-electron chi connectivity index (χ0n) is 64.6. The van der Waals surface area contributed by atoms with E-state index in [0.717, 1.165) is 24.1 Å². The molecule has 3 saturated heterocycles. The summed E-state index contributed by atoms with van der Waals surface area (Å²) >= 11 is 20.8. The molecule has 8 N–H and O–H groups in total. The van der Waals surface area contributed by atoms with Gasteiger partial charge in [0.25, 0.3) is 5.60 Å². The summed E-state index contributed by atoms with van der Waals surface area (Å²) in [6.07, 6.45) is -16.8. The van der Waals surface area contributed by atoms with Gasteiger partial charge in [0.15, 0.2) is 88.7 Å². The van der Waals surface area contributed by atoms with Crippen LogP contribution in [0, 0.1) is 11.8 Å². The molecule has 2 unspecified atom stereocenters. The largest absolute Gasteiger partial charge is 0.481 e. The van der Waals surface area contributed by atoms with Crippen molar-refractivity contribution in [3.63, 3.8) is 0 Å². The lowest BCUT2D eigenvalue weighted by molar-refractivity contribution is -0.194. The highest BCUT2D eigenvalue weighted by atomic mass is 79.9. The first-order valence-electron chi connectivity index (χ1n) is 35.0. The smallest absolute Gasteiger partial charge is 0.425 e. The molecule has 116 heavy (non-hydrogen) atoms. The van der Waals surface area contributed by atoms with Gasteiger partial charge in [0, 0.05) is 11.8 Å². The summed E-state index contributed by atoms with van der Waals surface area (Å²) < 4.78 is 113. The highest BCUT2D eigenvalue weighted by Gasteiger charge is 2.55. The van der Waals surface area contributed by atoms with Crippen LogP contribution in [0.25, 0.3) is 33.5 Å². The molecule has 3 aliphatic rings. The Morgan fingerprint density at radius 2 is 0.957 bits per heavy atom. The van der Waals surface area contributed by atoms with Crippen LogP contribution in [0.2, 0.25) is 15.9 Å². The standard InChI is InChI=1S/C31H43ClFN5O11.C17H21ClFN5O5.C15H15ClFN5O9.C4H7BrO2/c1-11-44-19(40)13-31(17(4)39,25(41)45-12-2)46-14-18-16(3)20(33)24(47-18)37-15-34-21-22(37)35-26(32)36-23(21)38(27(42)48-29(5,6)7)28(43)49-30(8,9)10;1-4-27-16(26)12(8(3)25)28-5-9-7(2)10(19)15(29-9)24-6-21-11-13(20)22-17(18)23-14(11)24;16-14-20-9(18)7-10(21-14)22(3-19-7)11-6(17)8(25)4(31-11)2-30-15(12(26)27,13(28)29)1-5(23)24;1-2-7-4(6)3-5/h15-16,18,20,24H,11-14H2,1-10H3;6-7,9-10,12,15H,4-5H2,1-3H3,(H2,20,22,23);3-4,6,8,11,25H,1-2H2,(H,23,24)(H,26,27)(H,28,29)(H2,18,20,21);2-3H2,1H3/t16-,18-,20+,24-,31?;7-,9-,10+,12?,15-;4-,6+,8-,11-;/m111./s1. The second-order valence-electron chi connectivity index (χ2n) is 27.3. The van der Waals surface area contributed by atoms with Crippen LogP contribution in [-0.4, -0.2) is 268 Å². The van der Waals surface area contributed by atoms with Crippen molar-refractivity contribution >= 4 is 167 Å². The Bertz CT molecular complexity index is 4540. The number of imidazole rings is 3. The number of alkyl halides is 4. The number of halogens is 7. The van der Waals surface area contributed by atoms with Crippen LogP contribution in [0.5, 0.6) is 0 Å². The molecule has 42 nitrogen and oxygen atoms in total. The average molecular weight is 1780 g/mol. The number of fused-ring (bicyclic) bond motifs is 3. The maximum atomic E-state index is 16.0. The second kappa shape index (κ2) is 40.6. The number of hydrogen-bond donors (Lipinski definition) is 6. The molecule has 3 fully saturated rings. The minimum Gasteiger partial charge on any atom is -0.481 e. The van der Waals surface area contributed by atoms with Gasteiger partial charge in [-0.3, -0.25) is 37.7 Å². The molecule has 0 saturated carbocycles. The first-order valence-corrected chi connectivity index (χ1v) is 37.3. The summed E-state index contributed by atoms with van der Waals surface area (Å²) in [7, 11) is 0. The zero-order chi connectivity index (χ0) is 87.1. The summed E-state index contributed by atoms with van der Waals surface area (Å²) in [6, 6.07) is 0. The van der Waals surface area contributed by atoms with Gasteiger partial charge < -0.3 is 88.7 Å². The molecule has 6 aromatic heterocycles. The van der Waals surface area contributed by atoms with Crippen LogP contribution >= 0.6 is 50.7 Å². The zero-order valence-corrected chi connectivity index (χ0v) is 68.5. The van der Waals surface area contributed by atoms with Gasteiger partial charge >= 0.3 is 54.0 Å². The van der Waals surface area contributed by atoms with Crippen LogP contribution in [0.4, 0.5) is 40.2 Å². The Balaban J connectivity index is 0.000000270. The number of aliphatic carboxylic acids is 3. The normalized spacial score (nSPS) is 21.9. The van der Waals surface area contributed by atoms with Crippen molar-refractivity contribution in [3.8, 4) is 0 Å². The Labute approximate surface area is 680 Å². The Morgan fingerprint density at radius 3 is 1.36 bits per heavy atom. The van der Waals surface area contributed by atoms with Gasteiger partial charge in [-0.25, -0.2) is 56.9 Å². The number of carbonyl (C=O) groups excluding carboxylic acids is 8. The molecule has 640 valence electrons. The Morgan fingerprint density at radius 1 is 0.560 bits per heavy atom. The number of nitrogen functional groups attached to an aromatic ring is 2. The summed E-state index contributed by atoms with van der Waals surface area (Å²) in [5.74, 6) is -12.2. The van der Waals surface area contributed by atoms with Crippen molar-refractivity contribution in [2.24, 2.45) is 11.8 Å². The molecule has 0 aromatic carbocycles. The number of nitrogens with two attached hydrogens (primary N) is 2. The summed E-state index contributed by atoms with van der Waals surface area (Å²) in [6.45, 7) is 20.3. The molecule has 2 amide bonds. The van der Waals surface area contributed by atoms with Crippen LogP contribution < -0.4 is 16.4 Å². The van der Waals surface area contributed by atoms with Gasteiger partial charge in [-0.15, -0.1) is 0 Å². The third kappa shape index (κ3) is 23.0. The number of carbonyl (C=O) groups is 11. The number of imide groups is 1. The number of anilines is 3. The fraction of sp³-hybridized carbons (Fsp3) is 0.612. The third-order valence-corrected chi connectivity index (χ3v) is 17.7. The van der Waals surface area contributed by atoms with Crippen molar-refractivity contribution in [3.05, 3.63) is 34.8 Å². The molecule has 0 bridgehead atoms. The predicted octanol–water partition coefficient (Wildman–Crippen LogP) is 6.36. The van der Waals surface area contributed by atoms with Gasteiger partial charge in [0.1, 0.15) is 39.8 Å². The molecule has 0 spiro atoms. The lowest BCUT2D eigenvalue weighted by atomic mass is 9.94. The number of carboxylic acid groups (broad SMARTS) is 3.